The number of anilines is 1. The molecule has 7 nitrogen and oxygen atoms in total. The molecule has 0 N–H and O–H groups in total. The molecule has 1 aromatic heterocycles. The first-order valence-electron chi connectivity index (χ1n) is 13.1. The van der Waals surface area contributed by atoms with Crippen LogP contribution < -0.4 is 4.90 Å². The second-order valence-electron chi connectivity index (χ2n) is 11.8. The first kappa shape index (κ1) is 29.8. The first-order chi connectivity index (χ1) is 17.6. The van der Waals surface area contributed by atoms with E-state index in [1.807, 2.05) is 39.0 Å². The van der Waals surface area contributed by atoms with E-state index in [4.69, 9.17) is 4.74 Å². The van der Waals surface area contributed by atoms with Gasteiger partial charge in [0.1, 0.15) is 5.60 Å². The van der Waals surface area contributed by atoms with Crippen LogP contribution in [0.4, 0.5) is 16.2 Å². The molecule has 0 radical (unpaired) electrons. The molecule has 1 amide bonds. The van der Waals surface area contributed by atoms with Crippen molar-refractivity contribution in [3.63, 3.8) is 0 Å². The highest BCUT2D eigenvalue weighted by Gasteiger charge is 2.46. The van der Waals surface area contributed by atoms with Crippen molar-refractivity contribution < 1.29 is 14.5 Å². The van der Waals surface area contributed by atoms with Crippen molar-refractivity contribution in [2.24, 2.45) is 0 Å². The molecule has 0 aliphatic heterocycles. The third-order valence-electron chi connectivity index (χ3n) is 7.28. The van der Waals surface area contributed by atoms with E-state index in [-0.39, 0.29) is 10.6 Å². The Morgan fingerprint density at radius 3 is 2.11 bits per heavy atom. The number of hydrogen-bond acceptors (Lipinski definition) is 5. The number of nitro groups is 1. The topological polar surface area (TPSA) is 77.6 Å². The number of hydrogen-bond donors (Lipinski definition) is 0. The Kier molecular flexibility index (Phi) is 8.73. The minimum Gasteiger partial charge on any atom is -0.443 e. The average Bonchev–Trinajstić information content (AvgIpc) is 3.15. The number of rotatable bonds is 8. The molecule has 0 atom stereocenters. The van der Waals surface area contributed by atoms with Crippen LogP contribution in [0.25, 0.3) is 10.9 Å². The van der Waals surface area contributed by atoms with Crippen molar-refractivity contribution in [3.8, 4) is 0 Å². The van der Waals surface area contributed by atoms with Crippen LogP contribution in [0.5, 0.6) is 0 Å². The zero-order valence-electron chi connectivity index (χ0n) is 24.2. The number of amides is 1. The number of nitro benzene ring substituents is 1. The number of carbonyl (C=O) groups is 1. The summed E-state index contributed by atoms with van der Waals surface area (Å²) >= 11 is 1.43. The molecule has 3 aromatic rings. The molecule has 0 fully saturated rings. The fourth-order valence-electron chi connectivity index (χ4n) is 5.88. The van der Waals surface area contributed by atoms with Gasteiger partial charge in [0.2, 0.25) is 0 Å². The molecule has 0 aliphatic rings. The van der Waals surface area contributed by atoms with Gasteiger partial charge in [-0.05, 0) is 61.7 Å². The summed E-state index contributed by atoms with van der Waals surface area (Å²) in [6.45, 7) is 19.4. The van der Waals surface area contributed by atoms with Crippen molar-refractivity contribution in [2.45, 2.75) is 94.3 Å². The van der Waals surface area contributed by atoms with E-state index < -0.39 is 19.9 Å². The fraction of sp³-hybridized carbons (Fsp3) is 0.483. The van der Waals surface area contributed by atoms with Gasteiger partial charge in [-0.3, -0.25) is 15.0 Å². The lowest BCUT2D eigenvalue weighted by Gasteiger charge is -2.44. The maximum atomic E-state index is 12.9. The molecule has 1 heterocycles. The summed E-state index contributed by atoms with van der Waals surface area (Å²) in [5, 5.41) is 12.8. The molecule has 9 heteroatoms. The van der Waals surface area contributed by atoms with E-state index in [2.05, 4.69) is 58.0 Å². The minimum atomic E-state index is -2.19. The molecule has 0 unspecified atom stereocenters. The summed E-state index contributed by atoms with van der Waals surface area (Å²) < 4.78 is 8.11. The number of nitrogens with zero attached hydrogens (tertiary/aromatic N) is 3. The van der Waals surface area contributed by atoms with Crippen LogP contribution in [-0.2, 0) is 4.74 Å². The van der Waals surface area contributed by atoms with Crippen LogP contribution in [0, 0.1) is 10.1 Å². The van der Waals surface area contributed by atoms with Gasteiger partial charge in [0.05, 0.1) is 9.82 Å². The highest BCUT2D eigenvalue weighted by atomic mass is 32.2. The number of para-hydroxylation sites is 1. The molecule has 0 spiro atoms. The lowest BCUT2D eigenvalue weighted by atomic mass is 10.2. The van der Waals surface area contributed by atoms with E-state index >= 15 is 0 Å². The molecule has 0 aliphatic carbocycles. The standard InChI is InChI=1S/C29H41N3O4SSi/c1-19(2)38(20(3)4,21(5)6)31-18-27(37-26-14-12-11-13-24(26)32(34)35)23-16-15-22(17-25(23)31)30(10)28(33)36-29(7,8)9/h11-21H,1-10H3. The van der Waals surface area contributed by atoms with E-state index in [0.717, 1.165) is 21.5 Å². The van der Waals surface area contributed by atoms with Gasteiger partial charge >= 0.3 is 6.09 Å². The highest BCUT2D eigenvalue weighted by Crippen LogP contribution is 2.48. The number of carbonyl (C=O) groups excluding carboxylic acids is 1. The number of ether oxygens (including phenoxy) is 1. The van der Waals surface area contributed by atoms with Crippen LogP contribution in [0.1, 0.15) is 62.3 Å². The smallest absolute Gasteiger partial charge is 0.414 e. The van der Waals surface area contributed by atoms with Crippen molar-refractivity contribution in [3.05, 3.63) is 58.8 Å². The van der Waals surface area contributed by atoms with Gasteiger partial charge in [0.15, 0.2) is 8.24 Å². The van der Waals surface area contributed by atoms with Crippen LogP contribution in [0.2, 0.25) is 16.6 Å². The Morgan fingerprint density at radius 1 is 1.00 bits per heavy atom. The minimum absolute atomic E-state index is 0.0970. The Hall–Kier alpha value is -2.78. The van der Waals surface area contributed by atoms with E-state index in [0.29, 0.717) is 21.5 Å². The molecular weight excluding hydrogens is 514 g/mol. The molecule has 206 valence electrons. The lowest BCUT2D eigenvalue weighted by Crippen LogP contribution is -2.51. The van der Waals surface area contributed by atoms with Crippen LogP contribution in [0.15, 0.2) is 58.5 Å². The second kappa shape index (κ2) is 11.1. The zero-order valence-corrected chi connectivity index (χ0v) is 26.1. The van der Waals surface area contributed by atoms with Gasteiger partial charge in [-0.1, -0.05) is 65.4 Å². The predicted molar refractivity (Wildman–Crippen MR) is 160 cm³/mol. The summed E-state index contributed by atoms with van der Waals surface area (Å²) in [5.74, 6) is 0. The van der Waals surface area contributed by atoms with Gasteiger partial charge in [0, 0.05) is 40.8 Å². The lowest BCUT2D eigenvalue weighted by molar-refractivity contribution is -0.387. The monoisotopic (exact) mass is 555 g/mol. The average molecular weight is 556 g/mol. The summed E-state index contributed by atoms with van der Waals surface area (Å²) in [6.07, 6.45) is 1.79. The molecule has 38 heavy (non-hydrogen) atoms. The number of benzene rings is 2. The summed E-state index contributed by atoms with van der Waals surface area (Å²) in [4.78, 5) is 27.4. The van der Waals surface area contributed by atoms with Gasteiger partial charge in [0.25, 0.3) is 5.69 Å². The van der Waals surface area contributed by atoms with Crippen molar-refractivity contribution in [1.82, 2.24) is 4.23 Å². The van der Waals surface area contributed by atoms with Gasteiger partial charge in [-0.15, -0.1) is 0 Å². The van der Waals surface area contributed by atoms with E-state index in [1.165, 1.54) is 11.8 Å². The van der Waals surface area contributed by atoms with Crippen molar-refractivity contribution >= 4 is 48.4 Å². The first-order valence-corrected chi connectivity index (χ1v) is 16.1. The Bertz CT molecular complexity index is 1310. The van der Waals surface area contributed by atoms with Crippen LogP contribution in [0.3, 0.4) is 0 Å². The van der Waals surface area contributed by atoms with E-state index in [1.54, 1.807) is 30.1 Å². The molecule has 0 saturated heterocycles. The Balaban J connectivity index is 2.29. The highest BCUT2D eigenvalue weighted by molar-refractivity contribution is 7.99. The van der Waals surface area contributed by atoms with Crippen LogP contribution >= 0.6 is 11.8 Å². The van der Waals surface area contributed by atoms with Gasteiger partial charge in [-0.2, -0.15) is 0 Å². The van der Waals surface area contributed by atoms with Crippen molar-refractivity contribution in [1.29, 1.82) is 0 Å². The Labute approximate surface area is 231 Å². The van der Waals surface area contributed by atoms with Crippen LogP contribution in [-0.4, -0.2) is 36.1 Å². The summed E-state index contributed by atoms with van der Waals surface area (Å²) in [7, 11) is -0.463. The second-order valence-corrected chi connectivity index (χ2v) is 18.6. The molecule has 2 aromatic carbocycles. The van der Waals surface area contributed by atoms with Crippen molar-refractivity contribution in [2.75, 3.05) is 11.9 Å². The predicted octanol–water partition coefficient (Wildman–Crippen LogP) is 9.10. The third kappa shape index (κ3) is 5.64. The number of aromatic nitrogens is 1. The maximum absolute atomic E-state index is 12.9. The van der Waals surface area contributed by atoms with E-state index in [9.17, 15) is 14.9 Å². The largest absolute Gasteiger partial charge is 0.443 e. The molecule has 0 saturated carbocycles. The summed E-state index contributed by atoms with van der Waals surface area (Å²) in [5.41, 5.74) is 2.60. The summed E-state index contributed by atoms with van der Waals surface area (Å²) in [6, 6.07) is 12.9. The normalized spacial score (nSPS) is 12.6. The van der Waals surface area contributed by atoms with Gasteiger partial charge in [-0.25, -0.2) is 4.79 Å². The molecule has 0 bridgehead atoms. The zero-order chi connectivity index (χ0) is 28.6. The maximum Gasteiger partial charge on any atom is 0.414 e. The molecular formula is C29H41N3O4SSi. The SMILES string of the molecule is CC(C)[Si](C(C)C)(C(C)C)n1cc(Sc2ccccc2[N+](=O)[O-])c2ccc(N(C)C(=O)OC(C)(C)C)cc21. The van der Waals surface area contributed by atoms with Gasteiger partial charge < -0.3 is 8.97 Å². The quantitative estimate of drug-likeness (QED) is 0.157. The number of fused-ring (bicyclic) bond motifs is 1. The third-order valence-corrected chi connectivity index (χ3v) is 15.1. The fourth-order valence-corrected chi connectivity index (χ4v) is 13.7. The molecule has 3 rings (SSSR count). The Morgan fingerprint density at radius 2 is 1.58 bits per heavy atom.